The Morgan fingerprint density at radius 3 is 2.71 bits per heavy atom. The third-order valence-electron chi connectivity index (χ3n) is 5.48. The molecule has 1 amide bonds. The van der Waals surface area contributed by atoms with Crippen LogP contribution in [0.5, 0.6) is 0 Å². The van der Waals surface area contributed by atoms with Crippen molar-refractivity contribution in [3.8, 4) is 0 Å². The highest BCUT2D eigenvalue weighted by molar-refractivity contribution is 6.11. The van der Waals surface area contributed by atoms with E-state index in [-0.39, 0.29) is 12.0 Å². The lowest BCUT2D eigenvalue weighted by Gasteiger charge is -2.21. The molecule has 1 aliphatic rings. The number of halogens is 2. The third-order valence-corrected chi connectivity index (χ3v) is 5.48. The first-order valence-electron chi connectivity index (χ1n) is 11.2. The highest BCUT2D eigenvalue weighted by atomic mass is 19.3. The molecule has 0 saturated heterocycles. The van der Waals surface area contributed by atoms with Gasteiger partial charge in [-0.1, -0.05) is 55.1 Å². The molecule has 6 nitrogen and oxygen atoms in total. The summed E-state index contributed by atoms with van der Waals surface area (Å²) in [6.45, 7) is 8.54. The second-order valence-corrected chi connectivity index (χ2v) is 7.91. The van der Waals surface area contributed by atoms with Crippen molar-refractivity contribution < 1.29 is 23.0 Å². The Balaban J connectivity index is 1.95. The van der Waals surface area contributed by atoms with Gasteiger partial charge in [0.05, 0.1) is 18.3 Å². The van der Waals surface area contributed by atoms with Gasteiger partial charge in [0.15, 0.2) is 6.23 Å². The van der Waals surface area contributed by atoms with Crippen LogP contribution in [0.4, 0.5) is 14.5 Å². The van der Waals surface area contributed by atoms with Gasteiger partial charge in [-0.3, -0.25) is 15.9 Å². The molecule has 3 N–H and O–H groups in total. The Morgan fingerprint density at radius 2 is 2.03 bits per heavy atom. The molecule has 0 aliphatic carbocycles. The number of ether oxygens (including phenoxy) is 2. The van der Waals surface area contributed by atoms with Gasteiger partial charge in [0.2, 0.25) is 0 Å². The Labute approximate surface area is 203 Å². The Bertz CT molecular complexity index is 1160. The van der Waals surface area contributed by atoms with Crippen molar-refractivity contribution in [2.75, 3.05) is 11.5 Å². The largest absolute Gasteiger partial charge is 0.454 e. The van der Waals surface area contributed by atoms with Crippen LogP contribution >= 0.6 is 0 Å². The molecule has 2 unspecified atom stereocenters. The van der Waals surface area contributed by atoms with Crippen LogP contribution in [0.15, 0.2) is 73.3 Å². The number of carbonyl (C=O) groups excluding carboxylic acids is 1. The fraction of sp³-hybridized carbons (Fsp3) is 0.259. The minimum Gasteiger partial charge on any atom is -0.454 e. The minimum absolute atomic E-state index is 0.139. The number of benzene rings is 2. The molecule has 35 heavy (non-hydrogen) atoms. The van der Waals surface area contributed by atoms with Crippen molar-refractivity contribution in [3.05, 3.63) is 95.6 Å². The van der Waals surface area contributed by atoms with Gasteiger partial charge in [-0.05, 0) is 43.2 Å². The van der Waals surface area contributed by atoms with Crippen molar-refractivity contribution in [2.45, 2.75) is 39.1 Å². The Hall–Kier alpha value is -3.62. The lowest BCUT2D eigenvalue weighted by Crippen LogP contribution is -2.24. The number of rotatable bonds is 10. The molecule has 8 heteroatoms. The Morgan fingerprint density at radius 1 is 1.29 bits per heavy atom. The summed E-state index contributed by atoms with van der Waals surface area (Å²) >= 11 is 0. The Kier molecular flexibility index (Phi) is 8.68. The van der Waals surface area contributed by atoms with Gasteiger partial charge in [-0.25, -0.2) is 0 Å². The number of hydrogen-bond donors (Lipinski definition) is 2. The van der Waals surface area contributed by atoms with Gasteiger partial charge in [-0.15, -0.1) is 0 Å². The summed E-state index contributed by atoms with van der Waals surface area (Å²) in [6.07, 6.45) is 2.93. The number of hydrogen-bond acceptors (Lipinski definition) is 5. The number of fused-ring (bicyclic) bond motifs is 1. The fourth-order valence-corrected chi connectivity index (χ4v) is 3.87. The molecule has 3 rings (SSSR count). The van der Waals surface area contributed by atoms with Gasteiger partial charge < -0.3 is 14.4 Å². The zero-order chi connectivity index (χ0) is 25.5. The fourth-order valence-electron chi connectivity index (χ4n) is 3.87. The van der Waals surface area contributed by atoms with Crippen molar-refractivity contribution in [2.24, 2.45) is 5.73 Å². The lowest BCUT2D eigenvalue weighted by molar-refractivity contribution is 0.0995. The predicted molar refractivity (Wildman–Crippen MR) is 134 cm³/mol. The molecule has 2 aromatic carbocycles. The number of para-hydroxylation sites is 1. The maximum atomic E-state index is 13.4. The number of amides is 1. The highest BCUT2D eigenvalue weighted by Gasteiger charge is 2.31. The summed E-state index contributed by atoms with van der Waals surface area (Å²) in [5.41, 5.74) is 9.82. The zero-order valence-electron chi connectivity index (χ0n) is 19.7. The SMILES string of the molecule is C=C/C=C\C(=C/C(C)OCC)c1ccccc1N1Cc2ccc(C(N)OC(=N)C(F)F)cc2C1=O. The second kappa shape index (κ2) is 11.7. The maximum absolute atomic E-state index is 13.4. The number of alkyl halides is 2. The van der Waals surface area contributed by atoms with Gasteiger partial charge in [-0.2, -0.15) is 8.78 Å². The summed E-state index contributed by atoms with van der Waals surface area (Å²) < 4.78 is 35.8. The highest BCUT2D eigenvalue weighted by Crippen LogP contribution is 2.35. The van der Waals surface area contributed by atoms with Crippen LogP contribution in [0, 0.1) is 5.41 Å². The number of carbonyl (C=O) groups is 1. The topological polar surface area (TPSA) is 88.6 Å². The molecule has 2 aromatic rings. The van der Waals surface area contributed by atoms with Crippen LogP contribution in [0.2, 0.25) is 0 Å². The molecule has 1 heterocycles. The molecule has 184 valence electrons. The van der Waals surface area contributed by atoms with Crippen molar-refractivity contribution >= 4 is 23.1 Å². The molecule has 0 saturated carbocycles. The quantitative estimate of drug-likeness (QED) is 0.200. The molecule has 0 radical (unpaired) electrons. The predicted octanol–water partition coefficient (Wildman–Crippen LogP) is 5.61. The molecule has 1 aliphatic heterocycles. The van der Waals surface area contributed by atoms with Gasteiger partial charge in [0, 0.05) is 23.3 Å². The van der Waals surface area contributed by atoms with E-state index in [1.807, 2.05) is 56.3 Å². The molecule has 0 bridgehead atoms. The summed E-state index contributed by atoms with van der Waals surface area (Å²) in [4.78, 5) is 15.1. The standard InChI is InChI=1S/C27H29F2N3O3/c1-4-6-9-18(14-17(3)34-5-2)21-10-7-8-11-23(21)32-16-20-13-12-19(15-22(20)27(32)33)25(30)35-26(31)24(28)29/h4,6-15,17,24-25,31H,1,5,16,30H2,2-3H3/b9-6-,18-14+,31-26?. The average molecular weight is 482 g/mol. The molecule has 0 spiro atoms. The van der Waals surface area contributed by atoms with E-state index < -0.39 is 18.6 Å². The van der Waals surface area contributed by atoms with Crippen LogP contribution in [0.3, 0.4) is 0 Å². The summed E-state index contributed by atoms with van der Waals surface area (Å²) in [5.74, 6) is -1.46. The number of allylic oxidation sites excluding steroid dienone is 4. The second-order valence-electron chi connectivity index (χ2n) is 7.91. The smallest absolute Gasteiger partial charge is 0.312 e. The average Bonchev–Trinajstić information content (AvgIpc) is 3.17. The van der Waals surface area contributed by atoms with E-state index in [9.17, 15) is 13.6 Å². The summed E-state index contributed by atoms with van der Waals surface area (Å²) in [6, 6.07) is 12.5. The number of anilines is 1. The van der Waals surface area contributed by atoms with Crippen LogP contribution in [0.1, 0.15) is 47.1 Å². The summed E-state index contributed by atoms with van der Waals surface area (Å²) in [5, 5.41) is 7.19. The first-order chi connectivity index (χ1) is 16.8. The maximum Gasteiger partial charge on any atom is 0.312 e. The molecular weight excluding hydrogens is 452 g/mol. The van der Waals surface area contributed by atoms with Gasteiger partial charge >= 0.3 is 6.43 Å². The van der Waals surface area contributed by atoms with Gasteiger partial charge in [0.25, 0.3) is 11.8 Å². The first kappa shape index (κ1) is 26.0. The molecule has 0 aromatic heterocycles. The normalized spacial score (nSPS) is 15.4. The van der Waals surface area contributed by atoms with Crippen LogP contribution in [-0.2, 0) is 16.0 Å². The number of nitrogens with two attached hydrogens (primary N) is 1. The van der Waals surface area contributed by atoms with E-state index in [0.29, 0.717) is 24.3 Å². The molecule has 2 atom stereocenters. The summed E-state index contributed by atoms with van der Waals surface area (Å²) in [7, 11) is 0. The van der Waals surface area contributed by atoms with Crippen molar-refractivity contribution in [1.29, 1.82) is 5.41 Å². The third kappa shape index (κ3) is 6.09. The van der Waals surface area contributed by atoms with Crippen molar-refractivity contribution in [1.82, 2.24) is 0 Å². The minimum atomic E-state index is -3.06. The van der Waals surface area contributed by atoms with Gasteiger partial charge in [0.1, 0.15) is 0 Å². The lowest BCUT2D eigenvalue weighted by atomic mass is 10.0. The van der Waals surface area contributed by atoms with E-state index in [0.717, 1.165) is 22.4 Å². The van der Waals surface area contributed by atoms with E-state index in [1.54, 1.807) is 23.1 Å². The van der Waals surface area contributed by atoms with Crippen LogP contribution < -0.4 is 10.6 Å². The monoisotopic (exact) mass is 481 g/mol. The first-order valence-corrected chi connectivity index (χ1v) is 11.2. The molecular formula is C27H29F2N3O3. The van der Waals surface area contributed by atoms with Crippen LogP contribution in [-0.4, -0.2) is 30.9 Å². The van der Waals surface area contributed by atoms with E-state index >= 15 is 0 Å². The van der Waals surface area contributed by atoms with E-state index in [1.165, 1.54) is 6.07 Å². The zero-order valence-corrected chi connectivity index (χ0v) is 19.7. The number of nitrogens with one attached hydrogen (secondary N) is 1. The van der Waals surface area contributed by atoms with Crippen molar-refractivity contribution in [3.63, 3.8) is 0 Å². The number of nitrogens with zero attached hydrogens (tertiary/aromatic N) is 1. The van der Waals surface area contributed by atoms with Crippen LogP contribution in [0.25, 0.3) is 5.57 Å². The van der Waals surface area contributed by atoms with E-state index in [4.69, 9.17) is 20.6 Å². The van der Waals surface area contributed by atoms with E-state index in [2.05, 4.69) is 6.58 Å². The molecule has 0 fully saturated rings.